The molecule has 3 rings (SSSR count). The maximum absolute atomic E-state index is 4.82. The lowest BCUT2D eigenvalue weighted by atomic mass is 9.92. The Hall–Kier alpha value is -1.84. The second-order valence-electron chi connectivity index (χ2n) is 6.18. The monoisotopic (exact) mass is 270 g/mol. The Bertz CT molecular complexity index is 790. The number of aromatic amines is 1. The Morgan fingerprint density at radius 1 is 1.05 bits per heavy atom. The number of H-pyrrole nitrogens is 1. The van der Waals surface area contributed by atoms with Crippen LogP contribution in [0.4, 0.5) is 0 Å². The molecule has 20 heavy (non-hydrogen) atoms. The van der Waals surface area contributed by atoms with Crippen LogP contribution in [0.2, 0.25) is 0 Å². The van der Waals surface area contributed by atoms with Gasteiger partial charge in [-0.25, -0.2) is 9.97 Å². The highest BCUT2D eigenvalue weighted by Crippen LogP contribution is 2.38. The summed E-state index contributed by atoms with van der Waals surface area (Å²) in [5.74, 6) is 1.88. The highest BCUT2D eigenvalue weighted by molar-refractivity contribution is 6.00. The first-order chi connectivity index (χ1) is 9.43. The lowest BCUT2D eigenvalue weighted by Crippen LogP contribution is -2.01. The summed E-state index contributed by atoms with van der Waals surface area (Å²) < 4.78 is 2.20. The van der Waals surface area contributed by atoms with E-state index >= 15 is 0 Å². The van der Waals surface area contributed by atoms with Crippen molar-refractivity contribution in [3.8, 4) is 0 Å². The molecular formula is C16H22N4. The quantitative estimate of drug-likeness (QED) is 0.765. The SMILES string of the molecule is Cc1nc2c(C(C)C)c3[nH]cnc3c(C(C)C)c2n1C. The number of rotatable bonds is 2. The fraction of sp³-hybridized carbons (Fsp3) is 0.500. The standard InChI is InChI=1S/C16H22N4/c1-8(2)11-13-14(18-7-17-13)12(9(3)4)16-15(11)19-10(5)20(16)6/h7-9H,1-6H3,(H,17,18). The van der Waals surface area contributed by atoms with Gasteiger partial charge in [-0.1, -0.05) is 27.7 Å². The molecule has 2 heterocycles. The average molecular weight is 270 g/mol. The van der Waals surface area contributed by atoms with Crippen LogP contribution in [0.15, 0.2) is 6.33 Å². The third-order valence-electron chi connectivity index (χ3n) is 4.15. The molecule has 0 radical (unpaired) electrons. The molecule has 1 aromatic carbocycles. The largest absolute Gasteiger partial charge is 0.344 e. The minimum atomic E-state index is 0.413. The van der Waals surface area contributed by atoms with Crippen molar-refractivity contribution in [3.63, 3.8) is 0 Å². The fourth-order valence-electron chi connectivity index (χ4n) is 3.15. The van der Waals surface area contributed by atoms with Crippen molar-refractivity contribution >= 4 is 22.1 Å². The number of hydrogen-bond donors (Lipinski definition) is 1. The Labute approximate surface area is 119 Å². The molecule has 2 aromatic heterocycles. The summed E-state index contributed by atoms with van der Waals surface area (Å²) in [7, 11) is 2.10. The second-order valence-corrected chi connectivity index (χ2v) is 6.18. The summed E-state index contributed by atoms with van der Waals surface area (Å²) in [5, 5.41) is 0. The molecule has 0 aliphatic carbocycles. The maximum atomic E-state index is 4.82. The van der Waals surface area contributed by atoms with E-state index in [9.17, 15) is 0 Å². The first-order valence-electron chi connectivity index (χ1n) is 7.25. The Morgan fingerprint density at radius 2 is 1.70 bits per heavy atom. The summed E-state index contributed by atoms with van der Waals surface area (Å²) in [5.41, 5.74) is 7.18. The second kappa shape index (κ2) is 4.33. The van der Waals surface area contributed by atoms with Crippen molar-refractivity contribution < 1.29 is 0 Å². The zero-order valence-electron chi connectivity index (χ0n) is 13.1. The van der Waals surface area contributed by atoms with Crippen molar-refractivity contribution in [3.05, 3.63) is 23.3 Å². The van der Waals surface area contributed by atoms with Crippen molar-refractivity contribution in [2.24, 2.45) is 7.05 Å². The van der Waals surface area contributed by atoms with Crippen LogP contribution < -0.4 is 0 Å². The van der Waals surface area contributed by atoms with Crippen molar-refractivity contribution in [1.82, 2.24) is 19.5 Å². The van der Waals surface area contributed by atoms with Gasteiger partial charge in [0.05, 0.1) is 28.4 Å². The normalized spacial score (nSPS) is 12.4. The summed E-state index contributed by atoms with van der Waals surface area (Å²) in [4.78, 5) is 12.7. The van der Waals surface area contributed by atoms with E-state index in [4.69, 9.17) is 4.98 Å². The van der Waals surface area contributed by atoms with Gasteiger partial charge < -0.3 is 9.55 Å². The minimum absolute atomic E-state index is 0.413. The maximum Gasteiger partial charge on any atom is 0.106 e. The van der Waals surface area contributed by atoms with E-state index in [1.54, 1.807) is 6.33 Å². The number of fused-ring (bicyclic) bond motifs is 2. The number of hydrogen-bond acceptors (Lipinski definition) is 2. The molecule has 0 atom stereocenters. The molecule has 0 aliphatic rings. The van der Waals surface area contributed by atoms with E-state index < -0.39 is 0 Å². The minimum Gasteiger partial charge on any atom is -0.344 e. The van der Waals surface area contributed by atoms with Gasteiger partial charge in [-0.3, -0.25) is 0 Å². The van der Waals surface area contributed by atoms with E-state index in [0.717, 1.165) is 22.4 Å². The van der Waals surface area contributed by atoms with Crippen LogP contribution in [0.5, 0.6) is 0 Å². The molecular weight excluding hydrogens is 248 g/mol. The molecule has 106 valence electrons. The zero-order chi connectivity index (χ0) is 14.6. The van der Waals surface area contributed by atoms with Gasteiger partial charge in [0.2, 0.25) is 0 Å². The Balaban J connectivity index is 2.64. The van der Waals surface area contributed by atoms with Gasteiger partial charge >= 0.3 is 0 Å². The molecule has 0 fully saturated rings. The van der Waals surface area contributed by atoms with Gasteiger partial charge in [-0.05, 0) is 18.8 Å². The van der Waals surface area contributed by atoms with Gasteiger partial charge in [-0.2, -0.15) is 0 Å². The lowest BCUT2D eigenvalue weighted by Gasteiger charge is -2.15. The zero-order valence-corrected chi connectivity index (χ0v) is 13.1. The molecule has 0 saturated heterocycles. The van der Waals surface area contributed by atoms with Crippen LogP contribution in [-0.2, 0) is 7.05 Å². The molecule has 0 aliphatic heterocycles. The van der Waals surface area contributed by atoms with Crippen molar-refractivity contribution in [2.45, 2.75) is 46.5 Å². The van der Waals surface area contributed by atoms with E-state index in [1.807, 2.05) is 0 Å². The number of benzene rings is 1. The first kappa shape index (κ1) is 13.2. The van der Waals surface area contributed by atoms with Crippen LogP contribution in [0.1, 0.15) is 56.5 Å². The number of aromatic nitrogens is 4. The number of nitrogens with one attached hydrogen (secondary N) is 1. The molecule has 4 heteroatoms. The van der Waals surface area contributed by atoms with Gasteiger partial charge in [0.15, 0.2) is 0 Å². The van der Waals surface area contributed by atoms with Crippen LogP contribution in [0.3, 0.4) is 0 Å². The van der Waals surface area contributed by atoms with Gasteiger partial charge in [0, 0.05) is 18.2 Å². The lowest BCUT2D eigenvalue weighted by molar-refractivity contribution is 0.843. The van der Waals surface area contributed by atoms with Gasteiger partial charge in [0.25, 0.3) is 0 Å². The van der Waals surface area contributed by atoms with Gasteiger partial charge in [-0.15, -0.1) is 0 Å². The first-order valence-corrected chi connectivity index (χ1v) is 7.25. The predicted octanol–water partition coefficient (Wildman–Crippen LogP) is 4.00. The van der Waals surface area contributed by atoms with Gasteiger partial charge in [0.1, 0.15) is 5.82 Å². The molecule has 0 spiro atoms. The number of imidazole rings is 2. The highest BCUT2D eigenvalue weighted by atomic mass is 15.1. The molecule has 0 saturated carbocycles. The fourth-order valence-corrected chi connectivity index (χ4v) is 3.15. The van der Waals surface area contributed by atoms with E-state index in [1.165, 1.54) is 16.6 Å². The molecule has 3 aromatic rings. The summed E-state index contributed by atoms with van der Waals surface area (Å²) in [6, 6.07) is 0. The van der Waals surface area contributed by atoms with Crippen molar-refractivity contribution in [2.75, 3.05) is 0 Å². The smallest absolute Gasteiger partial charge is 0.106 e. The molecule has 0 bridgehead atoms. The Kier molecular flexibility index (Phi) is 2.85. The molecule has 4 nitrogen and oxygen atoms in total. The molecule has 1 N–H and O–H groups in total. The van der Waals surface area contributed by atoms with E-state index in [0.29, 0.717) is 11.8 Å². The number of aryl methyl sites for hydroxylation is 2. The van der Waals surface area contributed by atoms with Crippen LogP contribution in [0.25, 0.3) is 22.1 Å². The summed E-state index contributed by atoms with van der Waals surface area (Å²) in [6.45, 7) is 10.9. The summed E-state index contributed by atoms with van der Waals surface area (Å²) >= 11 is 0. The van der Waals surface area contributed by atoms with Crippen molar-refractivity contribution in [1.29, 1.82) is 0 Å². The van der Waals surface area contributed by atoms with Crippen LogP contribution >= 0.6 is 0 Å². The van der Waals surface area contributed by atoms with Crippen LogP contribution in [0, 0.1) is 6.92 Å². The Morgan fingerprint density at radius 3 is 2.30 bits per heavy atom. The topological polar surface area (TPSA) is 46.5 Å². The number of nitrogens with zero attached hydrogens (tertiary/aromatic N) is 3. The molecule has 0 amide bonds. The average Bonchev–Trinajstić information content (AvgIpc) is 2.92. The predicted molar refractivity (Wildman–Crippen MR) is 83.3 cm³/mol. The third kappa shape index (κ3) is 1.60. The highest BCUT2D eigenvalue weighted by Gasteiger charge is 2.23. The third-order valence-corrected chi connectivity index (χ3v) is 4.15. The summed E-state index contributed by atoms with van der Waals surface area (Å²) in [6.07, 6.45) is 1.80. The molecule has 0 unspecified atom stereocenters. The van der Waals surface area contributed by atoms with Crippen LogP contribution in [-0.4, -0.2) is 19.5 Å². The van der Waals surface area contributed by atoms with E-state index in [2.05, 4.69) is 56.2 Å². The van der Waals surface area contributed by atoms with E-state index in [-0.39, 0.29) is 0 Å².